The molecule has 2 atom stereocenters. The minimum atomic E-state index is -4.96. The molecule has 1 aliphatic rings. The number of H-pyrrole nitrogens is 1. The average molecular weight is 521 g/mol. The summed E-state index contributed by atoms with van der Waals surface area (Å²) in [7, 11) is 1.95. The molecule has 2 aromatic heterocycles. The van der Waals surface area contributed by atoms with Gasteiger partial charge in [0.05, 0.1) is 22.5 Å². The van der Waals surface area contributed by atoms with E-state index in [1.54, 1.807) is 0 Å². The number of aromatic amines is 1. The van der Waals surface area contributed by atoms with E-state index in [9.17, 15) is 27.2 Å². The van der Waals surface area contributed by atoms with Crippen molar-refractivity contribution in [1.29, 1.82) is 0 Å². The van der Waals surface area contributed by atoms with Crippen LogP contribution in [0.3, 0.4) is 0 Å². The molecule has 4 rings (SSSR count). The molecule has 1 aromatic carbocycles. The molecule has 12 heteroatoms. The maximum atomic E-state index is 15.3. The number of likely N-dealkylation sites (N-methyl/N-ethyl adjacent to an activating group) is 1. The molecule has 37 heavy (non-hydrogen) atoms. The Balaban J connectivity index is 1.81. The zero-order valence-electron chi connectivity index (χ0n) is 20.2. The highest BCUT2D eigenvalue weighted by molar-refractivity contribution is 6.07. The van der Waals surface area contributed by atoms with E-state index in [-0.39, 0.29) is 34.6 Å². The number of rotatable bonds is 4. The summed E-state index contributed by atoms with van der Waals surface area (Å²) < 4.78 is 69.3. The highest BCUT2D eigenvalue weighted by Crippen LogP contribution is 2.37. The van der Waals surface area contributed by atoms with Gasteiger partial charge in [0.1, 0.15) is 5.82 Å². The second-order valence-electron chi connectivity index (χ2n) is 9.06. The molecule has 0 saturated carbocycles. The first-order chi connectivity index (χ1) is 17.3. The topological polar surface area (TPSA) is 81.3 Å². The number of benzene rings is 1. The maximum absolute atomic E-state index is 15.3. The van der Waals surface area contributed by atoms with E-state index >= 15 is 4.39 Å². The molecule has 0 aliphatic carbocycles. The Morgan fingerprint density at radius 2 is 1.78 bits per heavy atom. The fourth-order valence-corrected chi connectivity index (χ4v) is 4.37. The van der Waals surface area contributed by atoms with Crippen LogP contribution < -0.4 is 15.8 Å². The van der Waals surface area contributed by atoms with Crippen molar-refractivity contribution in [3.8, 4) is 11.1 Å². The largest absolute Gasteiger partial charge is 0.417 e. The van der Waals surface area contributed by atoms with Gasteiger partial charge in [-0.25, -0.2) is 9.37 Å². The summed E-state index contributed by atoms with van der Waals surface area (Å²) in [4.78, 5) is 34.2. The lowest BCUT2D eigenvalue weighted by atomic mass is 10.0. The Kier molecular flexibility index (Phi) is 7.05. The second kappa shape index (κ2) is 9.92. The van der Waals surface area contributed by atoms with Gasteiger partial charge in [0.25, 0.3) is 5.91 Å². The van der Waals surface area contributed by atoms with Crippen molar-refractivity contribution >= 4 is 17.3 Å². The fraction of sp³-hybridized carbons (Fsp3) is 0.320. The highest BCUT2D eigenvalue weighted by Gasteiger charge is 2.36. The summed E-state index contributed by atoms with van der Waals surface area (Å²) in [5, 5.41) is 2.47. The third-order valence-electron chi connectivity index (χ3n) is 6.55. The summed E-state index contributed by atoms with van der Waals surface area (Å²) in [5.74, 6) is -2.59. The van der Waals surface area contributed by atoms with E-state index in [1.165, 1.54) is 18.2 Å². The normalized spacial score (nSPS) is 18.6. The van der Waals surface area contributed by atoms with Crippen LogP contribution in [0.15, 0.2) is 47.5 Å². The number of hydrogen-bond acceptors (Lipinski definition) is 5. The number of carbonyl (C=O) groups excluding carboxylic acids is 1. The second-order valence-corrected chi connectivity index (χ2v) is 9.06. The number of alkyl halides is 3. The first kappa shape index (κ1) is 26.3. The summed E-state index contributed by atoms with van der Waals surface area (Å²) >= 11 is 0. The number of anilines is 2. The van der Waals surface area contributed by atoms with E-state index in [0.29, 0.717) is 25.4 Å². The number of hydrogen-bond donors (Lipinski definition) is 2. The van der Waals surface area contributed by atoms with Gasteiger partial charge in [0.15, 0.2) is 0 Å². The number of halogens is 5. The van der Waals surface area contributed by atoms with Gasteiger partial charge in [-0.05, 0) is 45.2 Å². The lowest BCUT2D eigenvalue weighted by Crippen LogP contribution is -2.55. The van der Waals surface area contributed by atoms with Gasteiger partial charge in [-0.2, -0.15) is 17.6 Å². The van der Waals surface area contributed by atoms with Crippen molar-refractivity contribution in [2.24, 2.45) is 0 Å². The predicted molar refractivity (Wildman–Crippen MR) is 129 cm³/mol. The van der Waals surface area contributed by atoms with Gasteiger partial charge in [-0.15, -0.1) is 0 Å². The molecule has 0 spiro atoms. The number of nitrogens with zero attached hydrogens (tertiary/aromatic N) is 3. The van der Waals surface area contributed by atoms with Crippen LogP contribution in [-0.4, -0.2) is 53.0 Å². The van der Waals surface area contributed by atoms with Crippen molar-refractivity contribution in [3.05, 3.63) is 76.0 Å². The number of piperazine rings is 1. The van der Waals surface area contributed by atoms with Crippen LogP contribution in [-0.2, 0) is 6.18 Å². The molecule has 0 radical (unpaired) electrons. The van der Waals surface area contributed by atoms with Crippen LogP contribution in [0.5, 0.6) is 0 Å². The minimum Gasteiger partial charge on any atom is -0.367 e. The maximum Gasteiger partial charge on any atom is 0.417 e. The van der Waals surface area contributed by atoms with E-state index in [1.807, 2.05) is 25.8 Å². The van der Waals surface area contributed by atoms with Crippen LogP contribution >= 0.6 is 0 Å². The lowest BCUT2D eigenvalue weighted by Gasteiger charge is -2.44. The van der Waals surface area contributed by atoms with Crippen LogP contribution in [0.1, 0.15) is 29.8 Å². The first-order valence-corrected chi connectivity index (χ1v) is 11.4. The van der Waals surface area contributed by atoms with Crippen molar-refractivity contribution in [1.82, 2.24) is 14.9 Å². The smallest absolute Gasteiger partial charge is 0.367 e. The van der Waals surface area contributed by atoms with E-state index in [0.717, 1.165) is 12.3 Å². The fourth-order valence-electron chi connectivity index (χ4n) is 4.37. The van der Waals surface area contributed by atoms with E-state index in [2.05, 4.69) is 20.2 Å². The number of carbonyl (C=O) groups is 1. The zero-order valence-corrected chi connectivity index (χ0v) is 20.2. The monoisotopic (exact) mass is 521 g/mol. The molecule has 2 unspecified atom stereocenters. The van der Waals surface area contributed by atoms with Crippen molar-refractivity contribution in [2.75, 3.05) is 30.4 Å². The molecular weight excluding hydrogens is 497 g/mol. The van der Waals surface area contributed by atoms with Gasteiger partial charge < -0.3 is 15.2 Å². The number of aromatic nitrogens is 2. The van der Waals surface area contributed by atoms with E-state index in [4.69, 9.17) is 0 Å². The lowest BCUT2D eigenvalue weighted by molar-refractivity contribution is -0.138. The minimum absolute atomic E-state index is 0.0284. The molecular formula is C25H24F5N5O2. The third-order valence-corrected chi connectivity index (χ3v) is 6.55. The van der Waals surface area contributed by atoms with E-state index < -0.39 is 40.5 Å². The number of pyridine rings is 2. The summed E-state index contributed by atoms with van der Waals surface area (Å²) in [6, 6.07) is 5.25. The molecule has 196 valence electrons. The Morgan fingerprint density at radius 3 is 2.38 bits per heavy atom. The summed E-state index contributed by atoms with van der Waals surface area (Å²) in [5.41, 5.74) is -2.71. The molecule has 2 N–H and O–H groups in total. The third kappa shape index (κ3) is 5.48. The Hall–Kier alpha value is -3.80. The first-order valence-electron chi connectivity index (χ1n) is 11.4. The zero-order chi connectivity index (χ0) is 27.1. The quantitative estimate of drug-likeness (QED) is 0.390. The van der Waals surface area contributed by atoms with Crippen LogP contribution in [0.4, 0.5) is 33.3 Å². The molecule has 3 heterocycles. The van der Waals surface area contributed by atoms with Gasteiger partial charge in [0, 0.05) is 54.8 Å². The molecule has 7 nitrogen and oxygen atoms in total. The Morgan fingerprint density at radius 1 is 1.11 bits per heavy atom. The number of nitrogens with one attached hydrogen (secondary N) is 2. The average Bonchev–Trinajstić information content (AvgIpc) is 2.83. The van der Waals surface area contributed by atoms with Gasteiger partial charge >= 0.3 is 6.18 Å². The Bertz CT molecular complexity index is 1360. The van der Waals surface area contributed by atoms with Gasteiger partial charge in [-0.3, -0.25) is 14.5 Å². The van der Waals surface area contributed by atoms with Crippen LogP contribution in [0, 0.1) is 11.8 Å². The molecule has 1 fully saturated rings. The van der Waals surface area contributed by atoms with Gasteiger partial charge in [0.2, 0.25) is 11.5 Å². The van der Waals surface area contributed by atoms with Crippen LogP contribution in [0.25, 0.3) is 11.1 Å². The number of amides is 1. The standard InChI is InChI=1S/C25H24F5N5O2/c1-13-11-35(12-14(2)34(13)3)21-8-19(26)16(15-4-5-22(27)31-9-15)6-20(21)33-24(37)17-10-32-23(36)7-18(17)25(28,29)30/h4-10,13-14H,11-12H2,1-3H3,(H,32,36)(H,33,37). The SMILES string of the molecule is CC1CN(c2cc(F)c(-c3ccc(F)nc3)cc2NC(=O)c2c[nH]c(=O)cc2C(F)(F)F)CC(C)N1C. The van der Waals surface area contributed by atoms with Crippen molar-refractivity contribution in [2.45, 2.75) is 32.1 Å². The molecule has 3 aromatic rings. The summed E-state index contributed by atoms with van der Waals surface area (Å²) in [6.07, 6.45) is -3.16. The summed E-state index contributed by atoms with van der Waals surface area (Å²) in [6.45, 7) is 4.89. The predicted octanol–water partition coefficient (Wildman–Crippen LogP) is 4.52. The molecule has 0 bridgehead atoms. The van der Waals surface area contributed by atoms with Crippen molar-refractivity contribution in [3.63, 3.8) is 0 Å². The van der Waals surface area contributed by atoms with Crippen LogP contribution in [0.2, 0.25) is 0 Å². The Labute approximate surface area is 208 Å². The highest BCUT2D eigenvalue weighted by atomic mass is 19.4. The molecule has 1 amide bonds. The van der Waals surface area contributed by atoms with Gasteiger partial charge in [-0.1, -0.05) is 0 Å². The van der Waals surface area contributed by atoms with Crippen molar-refractivity contribution < 1.29 is 26.7 Å². The molecule has 1 aliphatic heterocycles. The molecule has 1 saturated heterocycles.